The maximum atomic E-state index is 12.1. The molecule has 144 valence electrons. The lowest BCUT2D eigenvalue weighted by Gasteiger charge is -2.06. The molecule has 0 spiro atoms. The summed E-state index contributed by atoms with van der Waals surface area (Å²) in [6.45, 7) is 0.505. The van der Waals surface area contributed by atoms with E-state index < -0.39 is 5.91 Å². The zero-order valence-corrected chi connectivity index (χ0v) is 15.4. The number of hydrogen-bond acceptors (Lipinski definition) is 5. The number of ether oxygens (including phenoxy) is 1. The van der Waals surface area contributed by atoms with Gasteiger partial charge in [0.1, 0.15) is 23.8 Å². The molecule has 4 rings (SSSR count). The third-order valence-electron chi connectivity index (χ3n) is 4.12. The van der Waals surface area contributed by atoms with Crippen LogP contribution in [0.5, 0.6) is 5.75 Å². The first kappa shape index (κ1) is 18.2. The Bertz CT molecular complexity index is 1080. The average molecular weight is 386 g/mol. The van der Waals surface area contributed by atoms with Crippen LogP contribution in [0.4, 0.5) is 0 Å². The number of aromatic amines is 1. The van der Waals surface area contributed by atoms with E-state index in [1.54, 1.807) is 18.2 Å². The molecule has 7 heteroatoms. The first-order chi connectivity index (χ1) is 14.3. The van der Waals surface area contributed by atoms with Crippen molar-refractivity contribution < 1.29 is 13.9 Å². The lowest BCUT2D eigenvalue weighted by molar-refractivity contribution is 0.0950. The number of rotatable bonds is 7. The van der Waals surface area contributed by atoms with E-state index in [4.69, 9.17) is 9.15 Å². The standard InChI is InChI=1S/C22H18N4O3/c27-22(26-23-14-19-7-4-12-28-19)21-13-20(24-25-21)17-8-10-18(11-9-17)29-15-16-5-2-1-3-6-16/h1-14H,15H2,(H,24,25)(H,26,27). The van der Waals surface area contributed by atoms with Crippen molar-refractivity contribution in [3.8, 4) is 17.0 Å². The summed E-state index contributed by atoms with van der Waals surface area (Å²) in [5, 5.41) is 10.8. The van der Waals surface area contributed by atoms with Crippen molar-refractivity contribution in [2.75, 3.05) is 0 Å². The molecule has 0 aliphatic carbocycles. The molecule has 2 aromatic carbocycles. The predicted octanol–water partition coefficient (Wildman–Crippen LogP) is 4.01. The molecule has 29 heavy (non-hydrogen) atoms. The number of furan rings is 1. The van der Waals surface area contributed by atoms with Crippen molar-refractivity contribution in [3.05, 3.63) is 96.1 Å². The van der Waals surface area contributed by atoms with Crippen LogP contribution in [0.1, 0.15) is 21.8 Å². The van der Waals surface area contributed by atoms with Crippen LogP contribution in [0.15, 0.2) is 88.6 Å². The van der Waals surface area contributed by atoms with Crippen molar-refractivity contribution in [2.24, 2.45) is 5.10 Å². The molecule has 1 amide bonds. The fraction of sp³-hybridized carbons (Fsp3) is 0.0455. The molecule has 0 unspecified atom stereocenters. The molecule has 2 N–H and O–H groups in total. The van der Waals surface area contributed by atoms with Gasteiger partial charge in [-0.1, -0.05) is 30.3 Å². The average Bonchev–Trinajstić information content (AvgIpc) is 3.46. The van der Waals surface area contributed by atoms with Crippen LogP contribution in [-0.2, 0) is 6.61 Å². The number of amides is 1. The molecule has 0 aliphatic rings. The van der Waals surface area contributed by atoms with E-state index in [0.717, 1.165) is 16.9 Å². The second-order valence-corrected chi connectivity index (χ2v) is 6.18. The van der Waals surface area contributed by atoms with Crippen molar-refractivity contribution in [1.29, 1.82) is 0 Å². The highest BCUT2D eigenvalue weighted by Crippen LogP contribution is 2.22. The van der Waals surface area contributed by atoms with Crippen LogP contribution in [0.3, 0.4) is 0 Å². The number of H-pyrrole nitrogens is 1. The predicted molar refractivity (Wildman–Crippen MR) is 109 cm³/mol. The summed E-state index contributed by atoms with van der Waals surface area (Å²) in [4.78, 5) is 12.1. The highest BCUT2D eigenvalue weighted by molar-refractivity contribution is 5.93. The SMILES string of the molecule is O=C(NN=Cc1ccco1)c1cc(-c2ccc(OCc3ccccc3)cc2)n[nH]1. The van der Waals surface area contributed by atoms with Crippen molar-refractivity contribution >= 4 is 12.1 Å². The minimum Gasteiger partial charge on any atom is -0.489 e. The molecule has 0 bridgehead atoms. The molecule has 2 heterocycles. The van der Waals surface area contributed by atoms with Crippen LogP contribution in [0.25, 0.3) is 11.3 Å². The van der Waals surface area contributed by atoms with Gasteiger partial charge in [-0.3, -0.25) is 9.89 Å². The van der Waals surface area contributed by atoms with Gasteiger partial charge in [-0.25, -0.2) is 5.43 Å². The van der Waals surface area contributed by atoms with E-state index in [0.29, 0.717) is 23.8 Å². The Morgan fingerprint density at radius 1 is 1.10 bits per heavy atom. The summed E-state index contributed by atoms with van der Waals surface area (Å²) in [6.07, 6.45) is 2.95. The van der Waals surface area contributed by atoms with Crippen LogP contribution in [-0.4, -0.2) is 22.3 Å². The Kier molecular flexibility index (Phi) is 5.48. The normalized spacial score (nSPS) is 10.9. The Labute approximate surface area is 167 Å². The Balaban J connectivity index is 1.35. The number of carbonyl (C=O) groups is 1. The van der Waals surface area contributed by atoms with Crippen LogP contribution >= 0.6 is 0 Å². The maximum Gasteiger partial charge on any atom is 0.289 e. The van der Waals surface area contributed by atoms with Crippen molar-refractivity contribution in [2.45, 2.75) is 6.61 Å². The third-order valence-corrected chi connectivity index (χ3v) is 4.12. The fourth-order valence-corrected chi connectivity index (χ4v) is 2.63. The lowest BCUT2D eigenvalue weighted by atomic mass is 10.1. The number of nitrogens with one attached hydrogen (secondary N) is 2. The Morgan fingerprint density at radius 2 is 1.93 bits per heavy atom. The number of aromatic nitrogens is 2. The largest absolute Gasteiger partial charge is 0.489 e. The smallest absolute Gasteiger partial charge is 0.289 e. The molecule has 0 atom stereocenters. The number of benzene rings is 2. The number of carbonyl (C=O) groups excluding carboxylic acids is 1. The summed E-state index contributed by atoms with van der Waals surface area (Å²) in [5.74, 6) is 0.915. The van der Waals surface area contributed by atoms with E-state index in [2.05, 4.69) is 20.7 Å². The van der Waals surface area contributed by atoms with E-state index in [1.165, 1.54) is 12.5 Å². The minimum absolute atomic E-state index is 0.306. The van der Waals surface area contributed by atoms with Gasteiger partial charge >= 0.3 is 0 Å². The summed E-state index contributed by atoms with van der Waals surface area (Å²) < 4.78 is 10.9. The molecular formula is C22H18N4O3. The zero-order chi connectivity index (χ0) is 19.9. The fourth-order valence-electron chi connectivity index (χ4n) is 2.63. The number of nitrogens with zero attached hydrogens (tertiary/aromatic N) is 2. The number of hydrazone groups is 1. The van der Waals surface area contributed by atoms with Gasteiger partial charge < -0.3 is 9.15 Å². The topological polar surface area (TPSA) is 92.5 Å². The van der Waals surface area contributed by atoms with E-state index in [-0.39, 0.29) is 0 Å². The summed E-state index contributed by atoms with van der Waals surface area (Å²) >= 11 is 0. The third kappa shape index (κ3) is 4.78. The molecule has 0 saturated heterocycles. The van der Waals surface area contributed by atoms with Gasteiger partial charge in [0.05, 0.1) is 18.2 Å². The molecule has 0 radical (unpaired) electrons. The highest BCUT2D eigenvalue weighted by atomic mass is 16.5. The van der Waals surface area contributed by atoms with Gasteiger partial charge in [0.25, 0.3) is 5.91 Å². The number of hydrogen-bond donors (Lipinski definition) is 2. The lowest BCUT2D eigenvalue weighted by Crippen LogP contribution is -2.17. The second kappa shape index (κ2) is 8.71. The summed E-state index contributed by atoms with van der Waals surface area (Å²) in [5.41, 5.74) is 5.35. The van der Waals surface area contributed by atoms with Crippen LogP contribution in [0, 0.1) is 0 Å². The molecule has 0 fully saturated rings. The van der Waals surface area contributed by atoms with Gasteiger partial charge in [-0.2, -0.15) is 10.2 Å². The highest BCUT2D eigenvalue weighted by Gasteiger charge is 2.10. The maximum absolute atomic E-state index is 12.1. The minimum atomic E-state index is -0.394. The first-order valence-corrected chi connectivity index (χ1v) is 8.97. The van der Waals surface area contributed by atoms with Crippen molar-refractivity contribution in [1.82, 2.24) is 15.6 Å². The molecule has 2 aromatic heterocycles. The molecule has 7 nitrogen and oxygen atoms in total. The van der Waals surface area contributed by atoms with Gasteiger partial charge in [-0.05, 0) is 48.0 Å². The van der Waals surface area contributed by atoms with E-state index >= 15 is 0 Å². The first-order valence-electron chi connectivity index (χ1n) is 8.97. The van der Waals surface area contributed by atoms with Gasteiger partial charge in [-0.15, -0.1) is 0 Å². The van der Waals surface area contributed by atoms with Gasteiger partial charge in [0, 0.05) is 5.56 Å². The second-order valence-electron chi connectivity index (χ2n) is 6.18. The van der Waals surface area contributed by atoms with E-state index in [9.17, 15) is 4.79 Å². The zero-order valence-electron chi connectivity index (χ0n) is 15.4. The molecule has 0 saturated carbocycles. The summed E-state index contributed by atoms with van der Waals surface area (Å²) in [6, 6.07) is 22.7. The van der Waals surface area contributed by atoms with E-state index in [1.807, 2.05) is 54.6 Å². The Hall–Kier alpha value is -4.13. The van der Waals surface area contributed by atoms with Crippen LogP contribution < -0.4 is 10.2 Å². The van der Waals surface area contributed by atoms with Crippen LogP contribution in [0.2, 0.25) is 0 Å². The van der Waals surface area contributed by atoms with Gasteiger partial charge in [0.2, 0.25) is 0 Å². The van der Waals surface area contributed by atoms with Crippen molar-refractivity contribution in [3.63, 3.8) is 0 Å². The summed E-state index contributed by atoms with van der Waals surface area (Å²) in [7, 11) is 0. The van der Waals surface area contributed by atoms with Gasteiger partial charge in [0.15, 0.2) is 0 Å². The quantitative estimate of drug-likeness (QED) is 0.371. The Morgan fingerprint density at radius 3 is 2.69 bits per heavy atom. The molecule has 0 aliphatic heterocycles. The monoisotopic (exact) mass is 386 g/mol. The molecular weight excluding hydrogens is 368 g/mol. The molecule has 4 aromatic rings.